The van der Waals surface area contributed by atoms with Gasteiger partial charge in [-0.1, -0.05) is 53.5 Å². The summed E-state index contributed by atoms with van der Waals surface area (Å²) in [5.74, 6) is -5.78. The Kier molecular flexibility index (Phi) is 10.0. The van der Waals surface area contributed by atoms with Gasteiger partial charge in [0.25, 0.3) is 5.91 Å². The molecule has 0 aliphatic rings. The monoisotopic (exact) mass is 590 g/mol. The van der Waals surface area contributed by atoms with E-state index in [1.54, 1.807) is 5.32 Å². The molecule has 14 heteroatoms. The number of carbonyl (C=O) groups is 2. The van der Waals surface area contributed by atoms with Gasteiger partial charge in [-0.15, -0.1) is 0 Å². The van der Waals surface area contributed by atoms with Crippen LogP contribution in [0.1, 0.15) is 33.0 Å². The third-order valence-corrected chi connectivity index (χ3v) is 5.92. The molecule has 0 heterocycles. The van der Waals surface area contributed by atoms with Gasteiger partial charge in [0.1, 0.15) is 18.3 Å². The first-order valence-corrected chi connectivity index (χ1v) is 11.1. The minimum atomic E-state index is -4.94. The predicted molar refractivity (Wildman–Crippen MR) is 127 cm³/mol. The number of allylic oxidation sites excluding steroid dienone is 1. The van der Waals surface area contributed by atoms with E-state index in [2.05, 4.69) is 11.9 Å². The Morgan fingerprint density at radius 2 is 1.57 bits per heavy atom. The van der Waals surface area contributed by atoms with Gasteiger partial charge >= 0.3 is 12.4 Å². The van der Waals surface area contributed by atoms with Gasteiger partial charge in [0, 0.05) is 11.1 Å². The van der Waals surface area contributed by atoms with Crippen molar-refractivity contribution in [3.63, 3.8) is 0 Å². The summed E-state index contributed by atoms with van der Waals surface area (Å²) >= 11 is 17.4. The SMILES string of the molecule is C=Cc1cc(C(F)=CC(c2cc(Cl)c(Cl)c(Cl)c2)C(F)(F)F)ccc1C(=O)NCC(=O)NCC(F)(F)F. The van der Waals surface area contributed by atoms with Crippen molar-refractivity contribution in [1.82, 2.24) is 10.6 Å². The smallest absolute Gasteiger partial charge is 0.345 e. The number of benzene rings is 2. The van der Waals surface area contributed by atoms with Gasteiger partial charge in [0.15, 0.2) is 0 Å². The average molecular weight is 592 g/mol. The molecule has 200 valence electrons. The second-order valence-corrected chi connectivity index (χ2v) is 8.61. The Labute approximate surface area is 221 Å². The maximum Gasteiger partial charge on any atom is 0.405 e. The van der Waals surface area contributed by atoms with Crippen molar-refractivity contribution in [1.29, 1.82) is 0 Å². The minimum absolute atomic E-state index is 0.0182. The lowest BCUT2D eigenvalue weighted by atomic mass is 9.95. The van der Waals surface area contributed by atoms with Crippen LogP contribution in [0.4, 0.5) is 30.7 Å². The van der Waals surface area contributed by atoms with Crippen molar-refractivity contribution in [3.8, 4) is 0 Å². The number of nitrogens with one attached hydrogen (secondary N) is 2. The molecule has 0 saturated heterocycles. The highest BCUT2D eigenvalue weighted by molar-refractivity contribution is 6.48. The van der Waals surface area contributed by atoms with E-state index >= 15 is 0 Å². The van der Waals surface area contributed by atoms with Gasteiger partial charge in [-0.3, -0.25) is 9.59 Å². The number of rotatable bonds is 8. The molecule has 2 amide bonds. The number of halogens is 10. The first-order chi connectivity index (χ1) is 17.0. The summed E-state index contributed by atoms with van der Waals surface area (Å²) in [7, 11) is 0. The molecular weight excluding hydrogens is 576 g/mol. The largest absolute Gasteiger partial charge is 0.405 e. The second kappa shape index (κ2) is 12.2. The van der Waals surface area contributed by atoms with Crippen molar-refractivity contribution < 1.29 is 40.3 Å². The molecule has 0 fully saturated rings. The van der Waals surface area contributed by atoms with Gasteiger partial charge in [-0.05, 0) is 41.5 Å². The molecular formula is C23H16Cl3F7N2O2. The fourth-order valence-corrected chi connectivity index (χ4v) is 3.59. The maximum absolute atomic E-state index is 15.0. The van der Waals surface area contributed by atoms with E-state index in [-0.39, 0.29) is 31.8 Å². The molecule has 2 aromatic rings. The van der Waals surface area contributed by atoms with E-state index in [0.717, 1.165) is 36.4 Å². The van der Waals surface area contributed by atoms with E-state index < -0.39 is 54.6 Å². The van der Waals surface area contributed by atoms with Crippen molar-refractivity contribution in [2.24, 2.45) is 0 Å². The predicted octanol–water partition coefficient (Wildman–Crippen LogP) is 7.35. The average Bonchev–Trinajstić information content (AvgIpc) is 2.80. The first kappa shape index (κ1) is 30.5. The van der Waals surface area contributed by atoms with E-state index in [4.69, 9.17) is 34.8 Å². The van der Waals surface area contributed by atoms with Crippen molar-refractivity contribution >= 4 is 58.5 Å². The third kappa shape index (κ3) is 8.65. The minimum Gasteiger partial charge on any atom is -0.345 e. The Morgan fingerprint density at radius 3 is 2.08 bits per heavy atom. The summed E-state index contributed by atoms with van der Waals surface area (Å²) in [6, 6.07) is 4.91. The van der Waals surface area contributed by atoms with Crippen LogP contribution in [-0.4, -0.2) is 37.3 Å². The molecule has 37 heavy (non-hydrogen) atoms. The molecule has 0 radical (unpaired) electrons. The molecule has 4 nitrogen and oxygen atoms in total. The molecule has 0 aliphatic heterocycles. The number of alkyl halides is 6. The quantitative estimate of drug-likeness (QED) is 0.249. The van der Waals surface area contributed by atoms with E-state index in [1.807, 2.05) is 0 Å². The summed E-state index contributed by atoms with van der Waals surface area (Å²) in [5.41, 5.74) is -0.977. The van der Waals surface area contributed by atoms with Crippen LogP contribution < -0.4 is 10.6 Å². The van der Waals surface area contributed by atoms with Gasteiger partial charge in [0.05, 0.1) is 21.6 Å². The molecule has 0 saturated carbocycles. The molecule has 2 aromatic carbocycles. The van der Waals surface area contributed by atoms with Gasteiger partial charge in [0.2, 0.25) is 5.91 Å². The highest BCUT2D eigenvalue weighted by atomic mass is 35.5. The molecule has 2 N–H and O–H groups in total. The van der Waals surface area contributed by atoms with E-state index in [1.165, 1.54) is 0 Å². The molecule has 0 aliphatic carbocycles. The zero-order valence-corrected chi connectivity index (χ0v) is 20.6. The molecule has 1 atom stereocenters. The maximum atomic E-state index is 15.0. The summed E-state index contributed by atoms with van der Waals surface area (Å²) in [6.45, 7) is 1.07. The molecule has 0 bridgehead atoms. The van der Waals surface area contributed by atoms with Crippen LogP contribution in [0.15, 0.2) is 43.0 Å². The highest BCUT2D eigenvalue weighted by Gasteiger charge is 2.40. The van der Waals surface area contributed by atoms with E-state index in [9.17, 15) is 40.3 Å². The highest BCUT2D eigenvalue weighted by Crippen LogP contribution is 2.42. The Morgan fingerprint density at radius 1 is 0.973 bits per heavy atom. The molecule has 0 spiro atoms. The first-order valence-electron chi connectivity index (χ1n) is 10.0. The lowest BCUT2D eigenvalue weighted by Crippen LogP contribution is -2.41. The Bertz CT molecular complexity index is 1200. The normalized spacial score (nSPS) is 13.2. The van der Waals surface area contributed by atoms with Crippen LogP contribution in [0, 0.1) is 0 Å². The van der Waals surface area contributed by atoms with Crippen LogP contribution in [0.25, 0.3) is 11.9 Å². The standard InChI is InChI=1S/C23H16Cl3F7N2O2/c1-2-11-5-12(3-4-14(11)21(37)34-9-19(36)35-10-22(28,29)30)18(27)8-15(23(31,32)33)13-6-16(24)20(26)17(25)7-13/h2-8,15H,1,9-10H2,(H,34,37)(H,35,36). The van der Waals surface area contributed by atoms with Crippen molar-refractivity contribution in [3.05, 3.63) is 80.3 Å². The van der Waals surface area contributed by atoms with Crippen LogP contribution in [0.2, 0.25) is 15.1 Å². The van der Waals surface area contributed by atoms with Crippen LogP contribution in [0.3, 0.4) is 0 Å². The number of carbonyl (C=O) groups excluding carboxylic acids is 2. The van der Waals surface area contributed by atoms with Gasteiger partial charge < -0.3 is 10.6 Å². The molecule has 1 unspecified atom stereocenters. The lowest BCUT2D eigenvalue weighted by Gasteiger charge is -2.19. The van der Waals surface area contributed by atoms with Gasteiger partial charge in [-0.2, -0.15) is 26.3 Å². The molecule has 2 rings (SSSR count). The second-order valence-electron chi connectivity index (χ2n) is 7.41. The zero-order chi connectivity index (χ0) is 28.1. The molecule has 0 aromatic heterocycles. The summed E-state index contributed by atoms with van der Waals surface area (Å²) in [4.78, 5) is 23.8. The fourth-order valence-electron chi connectivity index (χ4n) is 2.98. The summed E-state index contributed by atoms with van der Waals surface area (Å²) in [5, 5.41) is 2.96. The topological polar surface area (TPSA) is 58.2 Å². The van der Waals surface area contributed by atoms with Crippen LogP contribution in [0.5, 0.6) is 0 Å². The summed E-state index contributed by atoms with van der Waals surface area (Å²) in [6.07, 6.45) is -8.18. The Hall–Kier alpha value is -2.76. The fraction of sp³-hybridized carbons (Fsp3) is 0.217. The van der Waals surface area contributed by atoms with Crippen LogP contribution >= 0.6 is 34.8 Å². The Balaban J connectivity index is 2.30. The lowest BCUT2D eigenvalue weighted by molar-refractivity contribution is -0.139. The number of amides is 2. The van der Waals surface area contributed by atoms with Crippen molar-refractivity contribution in [2.45, 2.75) is 18.3 Å². The number of hydrogen-bond donors (Lipinski definition) is 2. The van der Waals surface area contributed by atoms with E-state index in [0.29, 0.717) is 6.08 Å². The zero-order valence-electron chi connectivity index (χ0n) is 18.3. The van der Waals surface area contributed by atoms with Gasteiger partial charge in [-0.25, -0.2) is 4.39 Å². The van der Waals surface area contributed by atoms with Crippen molar-refractivity contribution in [2.75, 3.05) is 13.1 Å². The summed E-state index contributed by atoms with van der Waals surface area (Å²) < 4.78 is 92.6. The van der Waals surface area contributed by atoms with Crippen LogP contribution in [-0.2, 0) is 4.79 Å². The third-order valence-electron chi connectivity index (χ3n) is 4.72. The number of hydrogen-bond acceptors (Lipinski definition) is 2.